The molecule has 0 aliphatic rings. The fraction of sp³-hybridized carbons (Fsp3) is 0.333. The molecule has 1 aromatic rings. The topological polar surface area (TPSA) is 98.6 Å². The molecule has 0 fully saturated rings. The van der Waals surface area contributed by atoms with Gasteiger partial charge in [0.05, 0.1) is 6.61 Å². The van der Waals surface area contributed by atoms with Crippen LogP contribution < -0.4 is 11.5 Å². The first-order chi connectivity index (χ1) is 8.52. The number of carbonyl (C=O) groups excluding carboxylic acids is 2. The van der Waals surface area contributed by atoms with Gasteiger partial charge in [-0.3, -0.25) is 9.69 Å². The molecule has 0 aliphatic carbocycles. The lowest BCUT2D eigenvalue weighted by Crippen LogP contribution is -2.38. The third-order valence-corrected chi connectivity index (χ3v) is 2.23. The number of nitrogen functional groups attached to an aromatic ring is 1. The molecule has 1 aromatic carbocycles. The van der Waals surface area contributed by atoms with E-state index >= 15 is 0 Å². The number of amides is 2. The van der Waals surface area contributed by atoms with Gasteiger partial charge in [-0.05, 0) is 24.6 Å². The zero-order valence-electron chi connectivity index (χ0n) is 10.3. The van der Waals surface area contributed by atoms with Gasteiger partial charge in [-0.1, -0.05) is 12.1 Å². The van der Waals surface area contributed by atoms with Gasteiger partial charge in [0.15, 0.2) is 0 Å². The van der Waals surface area contributed by atoms with Gasteiger partial charge in [-0.25, -0.2) is 4.79 Å². The number of hydrogen-bond acceptors (Lipinski definition) is 4. The van der Waals surface area contributed by atoms with Crippen LogP contribution in [0.1, 0.15) is 12.5 Å². The standard InChI is InChI=1S/C12H17N3O3/c1-2-18-12(17)15(8-11(14)16)7-9-3-5-10(13)6-4-9/h3-6H,2,7-8,13H2,1H3,(H2,14,16). The average Bonchev–Trinajstić information content (AvgIpc) is 2.31. The van der Waals surface area contributed by atoms with E-state index in [-0.39, 0.29) is 19.7 Å². The van der Waals surface area contributed by atoms with Crippen LogP contribution in [0, 0.1) is 0 Å². The second-order valence-electron chi connectivity index (χ2n) is 3.76. The number of anilines is 1. The van der Waals surface area contributed by atoms with Gasteiger partial charge >= 0.3 is 6.09 Å². The fourth-order valence-electron chi connectivity index (χ4n) is 1.43. The highest BCUT2D eigenvalue weighted by atomic mass is 16.6. The van der Waals surface area contributed by atoms with Crippen molar-refractivity contribution in [3.63, 3.8) is 0 Å². The van der Waals surface area contributed by atoms with Crippen LogP contribution in [0.25, 0.3) is 0 Å². The molecule has 0 saturated carbocycles. The molecule has 4 N–H and O–H groups in total. The van der Waals surface area contributed by atoms with E-state index in [1.165, 1.54) is 4.90 Å². The highest BCUT2D eigenvalue weighted by Crippen LogP contribution is 2.09. The SMILES string of the molecule is CCOC(=O)N(CC(N)=O)Cc1ccc(N)cc1. The van der Waals surface area contributed by atoms with E-state index < -0.39 is 12.0 Å². The van der Waals surface area contributed by atoms with E-state index in [2.05, 4.69) is 0 Å². The van der Waals surface area contributed by atoms with Crippen molar-refractivity contribution in [3.05, 3.63) is 29.8 Å². The van der Waals surface area contributed by atoms with Gasteiger partial charge < -0.3 is 16.2 Å². The maximum absolute atomic E-state index is 11.6. The lowest BCUT2D eigenvalue weighted by molar-refractivity contribution is -0.119. The zero-order valence-corrected chi connectivity index (χ0v) is 10.3. The molecule has 0 unspecified atom stereocenters. The molecule has 0 heterocycles. The largest absolute Gasteiger partial charge is 0.450 e. The summed E-state index contributed by atoms with van der Waals surface area (Å²) in [6.07, 6.45) is -0.562. The predicted molar refractivity (Wildman–Crippen MR) is 67.5 cm³/mol. The molecule has 0 atom stereocenters. The van der Waals surface area contributed by atoms with Crippen molar-refractivity contribution in [1.29, 1.82) is 0 Å². The van der Waals surface area contributed by atoms with Crippen molar-refractivity contribution in [1.82, 2.24) is 4.90 Å². The summed E-state index contributed by atoms with van der Waals surface area (Å²) in [5, 5.41) is 0. The predicted octanol–water partition coefficient (Wildman–Crippen LogP) is 0.713. The third kappa shape index (κ3) is 4.32. The van der Waals surface area contributed by atoms with E-state index in [9.17, 15) is 9.59 Å². The van der Waals surface area contributed by atoms with Gasteiger partial charge in [0.1, 0.15) is 6.54 Å². The summed E-state index contributed by atoms with van der Waals surface area (Å²) in [7, 11) is 0. The highest BCUT2D eigenvalue weighted by Gasteiger charge is 2.17. The number of nitrogens with zero attached hydrogens (tertiary/aromatic N) is 1. The van der Waals surface area contributed by atoms with Crippen LogP contribution in [0.2, 0.25) is 0 Å². The van der Waals surface area contributed by atoms with Gasteiger partial charge in [0.2, 0.25) is 5.91 Å². The number of primary amides is 1. The molecule has 6 heteroatoms. The number of rotatable bonds is 5. The molecular formula is C12H17N3O3. The first-order valence-electron chi connectivity index (χ1n) is 5.57. The van der Waals surface area contributed by atoms with E-state index in [4.69, 9.17) is 16.2 Å². The normalized spacial score (nSPS) is 9.83. The average molecular weight is 251 g/mol. The fourth-order valence-corrected chi connectivity index (χ4v) is 1.43. The van der Waals surface area contributed by atoms with E-state index in [1.807, 2.05) is 0 Å². The number of hydrogen-bond donors (Lipinski definition) is 2. The summed E-state index contributed by atoms with van der Waals surface area (Å²) in [5.74, 6) is -0.585. The van der Waals surface area contributed by atoms with Crippen LogP contribution >= 0.6 is 0 Å². The smallest absolute Gasteiger partial charge is 0.410 e. The molecule has 0 radical (unpaired) electrons. The van der Waals surface area contributed by atoms with Crippen molar-refractivity contribution in [2.45, 2.75) is 13.5 Å². The number of carbonyl (C=O) groups is 2. The molecule has 6 nitrogen and oxygen atoms in total. The molecule has 18 heavy (non-hydrogen) atoms. The summed E-state index contributed by atoms with van der Waals surface area (Å²) in [4.78, 5) is 23.8. The van der Waals surface area contributed by atoms with Crippen LogP contribution in [-0.2, 0) is 16.1 Å². The van der Waals surface area contributed by atoms with E-state index in [0.29, 0.717) is 5.69 Å². The molecule has 0 aromatic heterocycles. The van der Waals surface area contributed by atoms with Gasteiger partial charge in [0.25, 0.3) is 0 Å². The van der Waals surface area contributed by atoms with Gasteiger partial charge in [-0.15, -0.1) is 0 Å². The van der Waals surface area contributed by atoms with Crippen molar-refractivity contribution in [2.24, 2.45) is 5.73 Å². The molecule has 0 saturated heterocycles. The van der Waals surface area contributed by atoms with Crippen molar-refractivity contribution < 1.29 is 14.3 Å². The van der Waals surface area contributed by atoms with E-state index in [1.54, 1.807) is 31.2 Å². The minimum Gasteiger partial charge on any atom is -0.450 e. The third-order valence-electron chi connectivity index (χ3n) is 2.23. The summed E-state index contributed by atoms with van der Waals surface area (Å²) in [6.45, 7) is 2.02. The maximum Gasteiger partial charge on any atom is 0.410 e. The van der Waals surface area contributed by atoms with Crippen molar-refractivity contribution in [2.75, 3.05) is 18.9 Å². The second-order valence-corrected chi connectivity index (χ2v) is 3.76. The Hall–Kier alpha value is -2.24. The highest BCUT2D eigenvalue weighted by molar-refractivity contribution is 5.80. The Bertz CT molecular complexity index is 417. The lowest BCUT2D eigenvalue weighted by atomic mass is 10.2. The Morgan fingerprint density at radius 1 is 1.28 bits per heavy atom. The van der Waals surface area contributed by atoms with Gasteiger partial charge in [0, 0.05) is 12.2 Å². The second kappa shape index (κ2) is 6.48. The van der Waals surface area contributed by atoms with Crippen LogP contribution in [-0.4, -0.2) is 30.1 Å². The Balaban J connectivity index is 2.74. The Morgan fingerprint density at radius 3 is 2.39 bits per heavy atom. The van der Waals surface area contributed by atoms with Crippen molar-refractivity contribution in [3.8, 4) is 0 Å². The molecule has 98 valence electrons. The number of benzene rings is 1. The minimum absolute atomic E-state index is 0.177. The number of ether oxygens (including phenoxy) is 1. The van der Waals surface area contributed by atoms with Crippen LogP contribution in [0.5, 0.6) is 0 Å². The molecular weight excluding hydrogens is 234 g/mol. The molecule has 0 aliphatic heterocycles. The van der Waals surface area contributed by atoms with E-state index in [0.717, 1.165) is 5.56 Å². The quantitative estimate of drug-likeness (QED) is 0.753. The molecule has 0 spiro atoms. The summed E-state index contributed by atoms with van der Waals surface area (Å²) >= 11 is 0. The monoisotopic (exact) mass is 251 g/mol. The lowest BCUT2D eigenvalue weighted by Gasteiger charge is -2.20. The summed E-state index contributed by atoms with van der Waals surface area (Å²) < 4.78 is 4.86. The Kier molecular flexibility index (Phi) is 4.98. The number of nitrogens with two attached hydrogens (primary N) is 2. The van der Waals surface area contributed by atoms with Crippen LogP contribution in [0.3, 0.4) is 0 Å². The minimum atomic E-state index is -0.585. The first kappa shape index (κ1) is 13.8. The van der Waals surface area contributed by atoms with Gasteiger partial charge in [-0.2, -0.15) is 0 Å². The maximum atomic E-state index is 11.6. The molecule has 2 amide bonds. The Morgan fingerprint density at radius 2 is 1.89 bits per heavy atom. The Labute approximate surface area is 105 Å². The summed E-state index contributed by atoms with van der Waals surface area (Å²) in [6, 6.07) is 7.01. The van der Waals surface area contributed by atoms with Crippen LogP contribution in [0.4, 0.5) is 10.5 Å². The summed E-state index contributed by atoms with van der Waals surface area (Å²) in [5.41, 5.74) is 12.1. The molecule has 1 rings (SSSR count). The molecule has 0 bridgehead atoms. The zero-order chi connectivity index (χ0) is 13.5. The first-order valence-corrected chi connectivity index (χ1v) is 5.57. The van der Waals surface area contributed by atoms with Crippen molar-refractivity contribution >= 4 is 17.7 Å². The van der Waals surface area contributed by atoms with Crippen LogP contribution in [0.15, 0.2) is 24.3 Å².